The lowest BCUT2D eigenvalue weighted by molar-refractivity contribution is -0.119. The van der Waals surface area contributed by atoms with Crippen molar-refractivity contribution in [3.8, 4) is 5.75 Å². The van der Waals surface area contributed by atoms with Crippen molar-refractivity contribution in [2.75, 3.05) is 19.0 Å². The second-order valence-corrected chi connectivity index (χ2v) is 4.89. The van der Waals surface area contributed by atoms with Crippen molar-refractivity contribution in [1.82, 2.24) is 5.32 Å². The molecule has 98 valence electrons. The molecule has 1 aromatic carbocycles. The first-order chi connectivity index (χ1) is 8.60. The van der Waals surface area contributed by atoms with Crippen LogP contribution in [0.1, 0.15) is 18.4 Å². The van der Waals surface area contributed by atoms with Gasteiger partial charge in [-0.25, -0.2) is 0 Å². The third-order valence-electron chi connectivity index (χ3n) is 3.10. The van der Waals surface area contributed by atoms with Crippen LogP contribution in [0.25, 0.3) is 0 Å². The lowest BCUT2D eigenvalue weighted by Crippen LogP contribution is -2.31. The molecule has 1 amide bonds. The van der Waals surface area contributed by atoms with E-state index < -0.39 is 0 Å². The molecule has 0 radical (unpaired) electrons. The van der Waals surface area contributed by atoms with Crippen molar-refractivity contribution in [1.29, 1.82) is 0 Å². The molecule has 1 aliphatic rings. The van der Waals surface area contributed by atoms with Gasteiger partial charge in [-0.1, -0.05) is 11.6 Å². The monoisotopic (exact) mass is 268 g/mol. The van der Waals surface area contributed by atoms with Crippen LogP contribution < -0.4 is 15.4 Å². The minimum absolute atomic E-state index is 0.126. The van der Waals surface area contributed by atoms with E-state index in [1.165, 1.54) is 0 Å². The highest BCUT2D eigenvalue weighted by Gasteiger charge is 2.20. The number of benzene rings is 1. The van der Waals surface area contributed by atoms with E-state index in [1.807, 2.05) is 13.0 Å². The molecule has 1 aromatic rings. The van der Waals surface area contributed by atoms with E-state index in [1.54, 1.807) is 13.2 Å². The molecule has 1 saturated heterocycles. The summed E-state index contributed by atoms with van der Waals surface area (Å²) in [5.41, 5.74) is 1.90. The molecule has 1 atom stereocenters. The Morgan fingerprint density at radius 1 is 1.56 bits per heavy atom. The number of carbonyl (C=O) groups excluding carboxylic acids is 1. The Morgan fingerprint density at radius 2 is 2.33 bits per heavy atom. The average molecular weight is 269 g/mol. The smallest absolute Gasteiger partial charge is 0.220 e. The zero-order chi connectivity index (χ0) is 13.1. The van der Waals surface area contributed by atoms with Gasteiger partial charge in [0.1, 0.15) is 5.75 Å². The van der Waals surface area contributed by atoms with E-state index in [0.29, 0.717) is 18.0 Å². The summed E-state index contributed by atoms with van der Waals surface area (Å²) >= 11 is 6.05. The molecular formula is C13H17ClN2O2. The van der Waals surface area contributed by atoms with Crippen LogP contribution in [-0.4, -0.2) is 25.6 Å². The molecular weight excluding hydrogens is 252 g/mol. The first kappa shape index (κ1) is 13.0. The van der Waals surface area contributed by atoms with Crippen molar-refractivity contribution in [3.63, 3.8) is 0 Å². The van der Waals surface area contributed by atoms with Gasteiger partial charge in [-0.2, -0.15) is 0 Å². The maximum absolute atomic E-state index is 11.1. The van der Waals surface area contributed by atoms with Crippen LogP contribution >= 0.6 is 11.6 Å². The number of rotatable bonds is 4. The van der Waals surface area contributed by atoms with Gasteiger partial charge in [-0.05, 0) is 25.0 Å². The number of anilines is 1. The molecule has 0 saturated carbocycles. The van der Waals surface area contributed by atoms with Crippen LogP contribution in [0.5, 0.6) is 5.75 Å². The van der Waals surface area contributed by atoms with Crippen LogP contribution in [0.4, 0.5) is 5.69 Å². The van der Waals surface area contributed by atoms with Gasteiger partial charge in [-0.15, -0.1) is 0 Å². The van der Waals surface area contributed by atoms with Gasteiger partial charge < -0.3 is 15.4 Å². The molecule has 1 fully saturated rings. The minimum Gasteiger partial charge on any atom is -0.495 e. The highest BCUT2D eigenvalue weighted by Crippen LogP contribution is 2.31. The summed E-state index contributed by atoms with van der Waals surface area (Å²) in [5, 5.41) is 6.90. The quantitative estimate of drug-likeness (QED) is 0.881. The summed E-state index contributed by atoms with van der Waals surface area (Å²) in [4.78, 5) is 11.1. The topological polar surface area (TPSA) is 50.4 Å². The lowest BCUT2D eigenvalue weighted by Gasteiger charge is -2.16. The summed E-state index contributed by atoms with van der Waals surface area (Å²) in [6.07, 6.45) is 1.49. The Labute approximate surface area is 112 Å². The average Bonchev–Trinajstić information content (AvgIpc) is 2.76. The molecule has 2 N–H and O–H groups in total. The Morgan fingerprint density at radius 3 is 2.94 bits per heavy atom. The van der Waals surface area contributed by atoms with Crippen LogP contribution in [-0.2, 0) is 4.79 Å². The zero-order valence-corrected chi connectivity index (χ0v) is 11.3. The summed E-state index contributed by atoms with van der Waals surface area (Å²) in [6, 6.07) is 3.95. The molecule has 0 aromatic heterocycles. The predicted molar refractivity (Wildman–Crippen MR) is 72.4 cm³/mol. The van der Waals surface area contributed by atoms with Crippen LogP contribution in [0.15, 0.2) is 12.1 Å². The van der Waals surface area contributed by atoms with Crippen molar-refractivity contribution in [3.05, 3.63) is 22.7 Å². The Kier molecular flexibility index (Phi) is 3.97. The van der Waals surface area contributed by atoms with Gasteiger partial charge in [0.15, 0.2) is 0 Å². The molecule has 0 bridgehead atoms. The van der Waals surface area contributed by atoms with Crippen LogP contribution in [0, 0.1) is 6.92 Å². The fraction of sp³-hybridized carbons (Fsp3) is 0.462. The first-order valence-electron chi connectivity index (χ1n) is 5.97. The highest BCUT2D eigenvalue weighted by atomic mass is 35.5. The number of amides is 1. The predicted octanol–water partition coefficient (Wildman–Crippen LogP) is 2.35. The van der Waals surface area contributed by atoms with Crippen molar-refractivity contribution >= 4 is 23.2 Å². The fourth-order valence-corrected chi connectivity index (χ4v) is 2.19. The Balaban J connectivity index is 2.04. The van der Waals surface area contributed by atoms with Crippen molar-refractivity contribution < 1.29 is 9.53 Å². The summed E-state index contributed by atoms with van der Waals surface area (Å²) in [6.45, 7) is 2.65. The number of hydrogen-bond donors (Lipinski definition) is 2. The van der Waals surface area contributed by atoms with E-state index in [-0.39, 0.29) is 11.9 Å². The molecule has 0 aliphatic carbocycles. The Bertz CT molecular complexity index is 463. The SMILES string of the molecule is COc1cc(Cl)c(C)cc1NCC1CCC(=O)N1. The maximum Gasteiger partial charge on any atom is 0.220 e. The standard InChI is InChI=1S/C13H17ClN2O2/c1-8-5-11(12(18-2)6-10(8)14)15-7-9-3-4-13(17)16-9/h5-6,9,15H,3-4,7H2,1-2H3,(H,16,17). The van der Waals surface area contributed by atoms with Crippen LogP contribution in [0.3, 0.4) is 0 Å². The van der Waals surface area contributed by atoms with E-state index in [4.69, 9.17) is 16.3 Å². The lowest BCUT2D eigenvalue weighted by atomic mass is 10.2. The third-order valence-corrected chi connectivity index (χ3v) is 3.51. The maximum atomic E-state index is 11.1. The number of aryl methyl sites for hydroxylation is 1. The molecule has 18 heavy (non-hydrogen) atoms. The normalized spacial score (nSPS) is 18.6. The van der Waals surface area contributed by atoms with Gasteiger partial charge in [0, 0.05) is 30.1 Å². The summed E-state index contributed by atoms with van der Waals surface area (Å²) < 4.78 is 5.28. The van der Waals surface area contributed by atoms with Gasteiger partial charge >= 0.3 is 0 Å². The highest BCUT2D eigenvalue weighted by molar-refractivity contribution is 6.31. The largest absolute Gasteiger partial charge is 0.495 e. The number of halogens is 1. The number of hydrogen-bond acceptors (Lipinski definition) is 3. The molecule has 1 heterocycles. The summed E-state index contributed by atoms with van der Waals surface area (Å²) in [5.74, 6) is 0.843. The first-order valence-corrected chi connectivity index (χ1v) is 6.35. The van der Waals surface area contributed by atoms with Gasteiger partial charge in [-0.3, -0.25) is 4.79 Å². The number of carbonyl (C=O) groups is 1. The Hall–Kier alpha value is -1.42. The zero-order valence-electron chi connectivity index (χ0n) is 10.5. The molecule has 1 unspecified atom stereocenters. The van der Waals surface area contributed by atoms with E-state index in [9.17, 15) is 4.79 Å². The van der Waals surface area contributed by atoms with Gasteiger partial charge in [0.2, 0.25) is 5.91 Å². The second kappa shape index (κ2) is 5.48. The van der Waals surface area contributed by atoms with Crippen molar-refractivity contribution in [2.45, 2.75) is 25.8 Å². The second-order valence-electron chi connectivity index (χ2n) is 4.49. The molecule has 1 aliphatic heterocycles. The van der Waals surface area contributed by atoms with Crippen LogP contribution in [0.2, 0.25) is 5.02 Å². The minimum atomic E-state index is 0.126. The third kappa shape index (κ3) is 2.88. The number of methoxy groups -OCH3 is 1. The van der Waals surface area contributed by atoms with E-state index >= 15 is 0 Å². The molecule has 0 spiro atoms. The van der Waals surface area contributed by atoms with E-state index in [2.05, 4.69) is 10.6 Å². The van der Waals surface area contributed by atoms with Crippen molar-refractivity contribution in [2.24, 2.45) is 0 Å². The molecule has 5 heteroatoms. The summed E-state index contributed by atoms with van der Waals surface area (Å²) in [7, 11) is 1.61. The number of ether oxygens (including phenoxy) is 1. The molecule has 2 rings (SSSR count). The number of nitrogens with one attached hydrogen (secondary N) is 2. The fourth-order valence-electron chi connectivity index (χ4n) is 2.03. The molecule has 4 nitrogen and oxygen atoms in total. The van der Waals surface area contributed by atoms with E-state index in [0.717, 1.165) is 23.4 Å². The van der Waals surface area contributed by atoms with Gasteiger partial charge in [0.25, 0.3) is 0 Å². The van der Waals surface area contributed by atoms with Gasteiger partial charge in [0.05, 0.1) is 12.8 Å².